The molecule has 0 bridgehead atoms. The topological polar surface area (TPSA) is 66.8 Å². The predicted molar refractivity (Wildman–Crippen MR) is 89.7 cm³/mol. The Kier molecular flexibility index (Phi) is 15.1. The molecule has 0 aromatic rings. The molecule has 0 aliphatic rings. The summed E-state index contributed by atoms with van der Waals surface area (Å²) in [5.41, 5.74) is 0. The van der Waals surface area contributed by atoms with Gasteiger partial charge in [0, 0.05) is 12.8 Å². The molecule has 0 fully saturated rings. The van der Waals surface area contributed by atoms with Gasteiger partial charge in [-0.25, -0.2) is 5.26 Å². The van der Waals surface area contributed by atoms with E-state index in [-0.39, 0.29) is 0 Å². The number of unbranched alkanes of at least 4 members (excludes halogenated alkanes) is 7. The zero-order chi connectivity index (χ0) is 16.5. The van der Waals surface area contributed by atoms with Crippen molar-refractivity contribution in [3.05, 3.63) is 24.0 Å². The average Bonchev–Trinajstić information content (AvgIpc) is 2.50. The minimum atomic E-state index is -0.697. The maximum Gasteiger partial charge on any atom is 0.303 e. The van der Waals surface area contributed by atoms with E-state index in [9.17, 15) is 4.79 Å². The number of hydrogen-bond donors (Lipinski definition) is 2. The minimum Gasteiger partial charge on any atom is -0.481 e. The van der Waals surface area contributed by atoms with Crippen molar-refractivity contribution in [3.63, 3.8) is 0 Å². The number of rotatable bonds is 15. The molecule has 0 aromatic carbocycles. The number of carbonyl (C=O) groups is 1. The normalized spacial score (nSPS) is 12.0. The molecule has 0 unspecified atom stereocenters. The highest BCUT2D eigenvalue weighted by Crippen LogP contribution is 2.11. The van der Waals surface area contributed by atoms with Crippen LogP contribution in [0.15, 0.2) is 24.0 Å². The van der Waals surface area contributed by atoms with Crippen molar-refractivity contribution in [3.8, 4) is 0 Å². The monoisotopic (exact) mass is 312 g/mol. The van der Waals surface area contributed by atoms with Gasteiger partial charge in [-0.3, -0.25) is 4.79 Å². The Bertz CT molecular complexity index is 321. The third-order valence-electron chi connectivity index (χ3n) is 3.55. The van der Waals surface area contributed by atoms with Crippen molar-refractivity contribution in [2.24, 2.45) is 0 Å². The fraction of sp³-hybridized carbons (Fsp3) is 0.722. The second-order valence-electron chi connectivity index (χ2n) is 5.63. The lowest BCUT2D eigenvalue weighted by atomic mass is 10.1. The van der Waals surface area contributed by atoms with Crippen LogP contribution in [0.25, 0.3) is 0 Å². The first-order valence-corrected chi connectivity index (χ1v) is 8.58. The summed E-state index contributed by atoms with van der Waals surface area (Å²) in [6.07, 6.45) is 17.7. The van der Waals surface area contributed by atoms with Crippen LogP contribution in [0.5, 0.6) is 0 Å². The maximum absolute atomic E-state index is 10.3. The Balaban J connectivity index is 3.50. The van der Waals surface area contributed by atoms with Crippen molar-refractivity contribution in [2.45, 2.75) is 84.0 Å². The fourth-order valence-corrected chi connectivity index (χ4v) is 2.22. The van der Waals surface area contributed by atoms with E-state index in [1.165, 1.54) is 0 Å². The molecule has 0 heterocycles. The third-order valence-corrected chi connectivity index (χ3v) is 3.55. The van der Waals surface area contributed by atoms with Crippen LogP contribution in [0.3, 0.4) is 0 Å². The highest BCUT2D eigenvalue weighted by molar-refractivity contribution is 5.66. The number of allylic oxidation sites excluding steroid dienone is 4. The summed E-state index contributed by atoms with van der Waals surface area (Å²) >= 11 is 0. The van der Waals surface area contributed by atoms with E-state index in [2.05, 4.69) is 24.0 Å². The van der Waals surface area contributed by atoms with E-state index in [1.54, 1.807) is 0 Å². The first kappa shape index (κ1) is 20.7. The number of hydrogen-bond acceptors (Lipinski definition) is 3. The molecule has 22 heavy (non-hydrogen) atoms. The predicted octanol–water partition coefficient (Wildman–Crippen LogP) is 5.70. The summed E-state index contributed by atoms with van der Waals surface area (Å²) in [5.74, 6) is -0.0339. The molecule has 0 aliphatic heterocycles. The molecule has 0 atom stereocenters. The van der Waals surface area contributed by atoms with Gasteiger partial charge in [0.05, 0.1) is 0 Å². The summed E-state index contributed by atoms with van der Waals surface area (Å²) in [4.78, 5) is 14.7. The van der Waals surface area contributed by atoms with Gasteiger partial charge in [0.1, 0.15) is 5.76 Å². The Morgan fingerprint density at radius 3 is 2.32 bits per heavy atom. The molecular formula is C18H32O4. The van der Waals surface area contributed by atoms with Crippen LogP contribution >= 0.6 is 0 Å². The largest absolute Gasteiger partial charge is 0.481 e. The zero-order valence-electron chi connectivity index (χ0n) is 13.9. The maximum atomic E-state index is 10.3. The van der Waals surface area contributed by atoms with Crippen LogP contribution < -0.4 is 0 Å². The molecule has 0 amide bonds. The molecular weight excluding hydrogens is 280 g/mol. The molecule has 4 nitrogen and oxygen atoms in total. The smallest absolute Gasteiger partial charge is 0.303 e. The number of carboxylic acids is 1. The van der Waals surface area contributed by atoms with E-state index in [0.29, 0.717) is 12.2 Å². The Morgan fingerprint density at radius 1 is 0.955 bits per heavy atom. The Morgan fingerprint density at radius 2 is 1.64 bits per heavy atom. The zero-order valence-corrected chi connectivity index (χ0v) is 13.9. The summed E-state index contributed by atoms with van der Waals surface area (Å²) in [6, 6.07) is 0. The third kappa shape index (κ3) is 15.1. The van der Waals surface area contributed by atoms with Gasteiger partial charge in [-0.15, -0.1) is 0 Å². The van der Waals surface area contributed by atoms with E-state index >= 15 is 0 Å². The first-order valence-electron chi connectivity index (χ1n) is 8.58. The SMILES string of the molecule is CCCCC/C(=C\C/C=C\CCCCCCCC(=O)O)OO. The first-order chi connectivity index (χ1) is 10.7. The van der Waals surface area contributed by atoms with Crippen LogP contribution in [-0.2, 0) is 9.68 Å². The van der Waals surface area contributed by atoms with E-state index in [1.807, 2.05) is 6.08 Å². The van der Waals surface area contributed by atoms with Crippen molar-refractivity contribution in [1.82, 2.24) is 0 Å². The second-order valence-corrected chi connectivity index (χ2v) is 5.63. The minimum absolute atomic E-state index is 0.291. The quantitative estimate of drug-likeness (QED) is 0.134. The molecule has 0 saturated heterocycles. The van der Waals surface area contributed by atoms with E-state index in [0.717, 1.165) is 70.6 Å². The summed E-state index contributed by atoms with van der Waals surface area (Å²) in [7, 11) is 0. The van der Waals surface area contributed by atoms with Gasteiger partial charge in [-0.2, -0.15) is 0 Å². The lowest BCUT2D eigenvalue weighted by molar-refractivity contribution is -0.206. The van der Waals surface area contributed by atoms with E-state index in [4.69, 9.17) is 10.4 Å². The lowest BCUT2D eigenvalue weighted by Crippen LogP contribution is -1.93. The van der Waals surface area contributed by atoms with Gasteiger partial charge in [-0.1, -0.05) is 51.2 Å². The van der Waals surface area contributed by atoms with Crippen LogP contribution in [0.2, 0.25) is 0 Å². The molecule has 2 N–H and O–H groups in total. The van der Waals surface area contributed by atoms with Crippen molar-refractivity contribution >= 4 is 5.97 Å². The fourth-order valence-electron chi connectivity index (χ4n) is 2.22. The molecule has 0 radical (unpaired) electrons. The molecule has 0 rings (SSSR count). The molecule has 128 valence electrons. The highest BCUT2D eigenvalue weighted by atomic mass is 17.1. The van der Waals surface area contributed by atoms with Gasteiger partial charge in [-0.05, 0) is 38.2 Å². The average molecular weight is 312 g/mol. The molecule has 0 saturated carbocycles. The molecule has 0 aliphatic carbocycles. The van der Waals surface area contributed by atoms with Crippen LogP contribution in [0.4, 0.5) is 0 Å². The van der Waals surface area contributed by atoms with Crippen molar-refractivity contribution in [1.29, 1.82) is 0 Å². The molecule has 0 spiro atoms. The van der Waals surface area contributed by atoms with Crippen molar-refractivity contribution < 1.29 is 20.0 Å². The van der Waals surface area contributed by atoms with E-state index < -0.39 is 5.97 Å². The lowest BCUT2D eigenvalue weighted by Gasteiger charge is -2.02. The van der Waals surface area contributed by atoms with Crippen molar-refractivity contribution in [2.75, 3.05) is 0 Å². The molecule has 0 aromatic heterocycles. The standard InChI is InChI=1S/C18H32O4/c1-2-3-11-14-17(22-21)15-12-9-7-5-4-6-8-10-13-16-18(19)20/h7,9,15,21H,2-6,8,10-14,16H2,1H3,(H,19,20)/b9-7-,17-15+. The Labute approximate surface area is 134 Å². The number of carboxylic acid groups (broad SMARTS) is 1. The second kappa shape index (κ2) is 16.1. The van der Waals surface area contributed by atoms with Gasteiger partial charge >= 0.3 is 5.97 Å². The van der Waals surface area contributed by atoms with Gasteiger partial charge in [0.15, 0.2) is 0 Å². The van der Waals surface area contributed by atoms with Gasteiger partial charge in [0.25, 0.3) is 0 Å². The summed E-state index contributed by atoms with van der Waals surface area (Å²) in [5, 5.41) is 17.3. The van der Waals surface area contributed by atoms with Gasteiger partial charge < -0.3 is 9.99 Å². The van der Waals surface area contributed by atoms with Gasteiger partial charge in [0.2, 0.25) is 0 Å². The molecule has 4 heteroatoms. The van der Waals surface area contributed by atoms with Crippen LogP contribution in [0.1, 0.15) is 84.0 Å². The Hall–Kier alpha value is -1.29. The number of aliphatic carboxylic acids is 1. The van der Waals surface area contributed by atoms with Crippen LogP contribution in [0, 0.1) is 0 Å². The summed E-state index contributed by atoms with van der Waals surface area (Å²) in [6.45, 7) is 2.15. The van der Waals surface area contributed by atoms with Crippen LogP contribution in [-0.4, -0.2) is 16.3 Å². The summed E-state index contributed by atoms with van der Waals surface area (Å²) < 4.78 is 0. The highest BCUT2D eigenvalue weighted by Gasteiger charge is 1.97.